The Labute approximate surface area is 203 Å². The first-order valence-corrected chi connectivity index (χ1v) is 13.2. The van der Waals surface area contributed by atoms with Gasteiger partial charge in [0.05, 0.1) is 21.7 Å². The molecule has 4 rings (SSSR count). The van der Waals surface area contributed by atoms with Crippen LogP contribution in [0.5, 0.6) is 0 Å². The maximum Gasteiger partial charge on any atom is 0.261 e. The molecule has 0 atom stereocenters. The lowest BCUT2D eigenvalue weighted by atomic mass is 10.2. The number of anilines is 3. The van der Waals surface area contributed by atoms with Crippen LogP contribution in [0.1, 0.15) is 10.4 Å². The Hall–Kier alpha value is -4.22. The van der Waals surface area contributed by atoms with E-state index in [9.17, 15) is 21.6 Å². The van der Waals surface area contributed by atoms with Gasteiger partial charge in [0.2, 0.25) is 0 Å². The summed E-state index contributed by atoms with van der Waals surface area (Å²) in [6, 6.07) is 22.7. The molecule has 35 heavy (non-hydrogen) atoms. The van der Waals surface area contributed by atoms with Crippen molar-refractivity contribution in [3.8, 4) is 0 Å². The van der Waals surface area contributed by atoms with Gasteiger partial charge in [-0.3, -0.25) is 19.2 Å². The molecule has 1 heterocycles. The normalized spacial score (nSPS) is 11.4. The highest BCUT2D eigenvalue weighted by Crippen LogP contribution is 2.20. The minimum atomic E-state index is -3.82. The molecule has 0 radical (unpaired) electrons. The van der Waals surface area contributed by atoms with Crippen LogP contribution in [0.4, 0.5) is 17.1 Å². The number of pyridine rings is 1. The molecule has 0 aliphatic rings. The van der Waals surface area contributed by atoms with Gasteiger partial charge in [0, 0.05) is 23.1 Å². The highest BCUT2D eigenvalue weighted by Gasteiger charge is 2.16. The SMILES string of the molecule is O=C(Nc1ccc(S(=O)(=O)Nc2cccnc2)cc1)c1cccc(NS(=O)(=O)c2ccccc2)c1. The first-order valence-electron chi connectivity index (χ1n) is 10.3. The zero-order valence-corrected chi connectivity index (χ0v) is 19.8. The zero-order valence-electron chi connectivity index (χ0n) is 18.1. The van der Waals surface area contributed by atoms with Gasteiger partial charge in [-0.25, -0.2) is 16.8 Å². The van der Waals surface area contributed by atoms with Gasteiger partial charge in [0.25, 0.3) is 26.0 Å². The molecule has 178 valence electrons. The highest BCUT2D eigenvalue weighted by molar-refractivity contribution is 7.93. The van der Waals surface area contributed by atoms with Crippen LogP contribution in [-0.4, -0.2) is 27.7 Å². The standard InChI is InChI=1S/C24H20N4O5S2/c29-24(18-6-4-7-20(16-18)27-34(30,31)22-9-2-1-3-10-22)26-19-11-13-23(14-12-19)35(32,33)28-21-8-5-15-25-17-21/h1-17,27-28H,(H,26,29). The third-order valence-corrected chi connectivity index (χ3v) is 7.56. The van der Waals surface area contributed by atoms with Crippen LogP contribution in [-0.2, 0) is 20.0 Å². The van der Waals surface area contributed by atoms with Crippen molar-refractivity contribution in [3.05, 3.63) is 109 Å². The maximum absolute atomic E-state index is 12.7. The van der Waals surface area contributed by atoms with Crippen LogP contribution < -0.4 is 14.8 Å². The van der Waals surface area contributed by atoms with Gasteiger partial charge in [-0.2, -0.15) is 0 Å². The molecule has 9 nitrogen and oxygen atoms in total. The molecule has 1 amide bonds. The van der Waals surface area contributed by atoms with Crippen molar-refractivity contribution < 1.29 is 21.6 Å². The van der Waals surface area contributed by atoms with E-state index in [1.807, 2.05) is 0 Å². The number of nitrogens with zero attached hydrogens (tertiary/aromatic N) is 1. The lowest BCUT2D eigenvalue weighted by molar-refractivity contribution is 0.102. The van der Waals surface area contributed by atoms with E-state index in [2.05, 4.69) is 19.7 Å². The van der Waals surface area contributed by atoms with E-state index in [1.165, 1.54) is 67.0 Å². The zero-order chi connectivity index (χ0) is 24.9. The van der Waals surface area contributed by atoms with Gasteiger partial charge in [-0.1, -0.05) is 24.3 Å². The Bertz CT molecular complexity index is 1540. The second-order valence-electron chi connectivity index (χ2n) is 7.33. The van der Waals surface area contributed by atoms with Crippen molar-refractivity contribution in [2.75, 3.05) is 14.8 Å². The van der Waals surface area contributed by atoms with Gasteiger partial charge in [0.15, 0.2) is 0 Å². The number of sulfonamides is 2. The monoisotopic (exact) mass is 508 g/mol. The van der Waals surface area contributed by atoms with E-state index >= 15 is 0 Å². The van der Waals surface area contributed by atoms with Crippen molar-refractivity contribution in [1.82, 2.24) is 4.98 Å². The van der Waals surface area contributed by atoms with Crippen LogP contribution >= 0.6 is 0 Å². The number of hydrogen-bond acceptors (Lipinski definition) is 6. The Morgan fingerprint density at radius 2 is 1.26 bits per heavy atom. The van der Waals surface area contributed by atoms with Crippen LogP contribution in [0.3, 0.4) is 0 Å². The largest absolute Gasteiger partial charge is 0.322 e. The molecule has 4 aromatic rings. The summed E-state index contributed by atoms with van der Waals surface area (Å²) in [5.74, 6) is -0.491. The van der Waals surface area contributed by atoms with E-state index in [4.69, 9.17) is 0 Å². The molecule has 0 saturated heterocycles. The second-order valence-corrected chi connectivity index (χ2v) is 10.7. The molecule has 3 N–H and O–H groups in total. The molecule has 0 unspecified atom stereocenters. The van der Waals surface area contributed by atoms with Crippen LogP contribution in [0.2, 0.25) is 0 Å². The third-order valence-electron chi connectivity index (χ3n) is 4.77. The molecule has 11 heteroatoms. The van der Waals surface area contributed by atoms with Crippen LogP contribution in [0.25, 0.3) is 0 Å². The van der Waals surface area contributed by atoms with E-state index < -0.39 is 26.0 Å². The Morgan fingerprint density at radius 1 is 0.629 bits per heavy atom. The minimum Gasteiger partial charge on any atom is -0.322 e. The summed E-state index contributed by atoms with van der Waals surface area (Å²) in [5, 5.41) is 2.67. The van der Waals surface area contributed by atoms with Gasteiger partial charge in [0.1, 0.15) is 0 Å². The fourth-order valence-electron chi connectivity index (χ4n) is 3.10. The smallest absolute Gasteiger partial charge is 0.261 e. The summed E-state index contributed by atoms with van der Waals surface area (Å²) in [4.78, 5) is 16.7. The van der Waals surface area contributed by atoms with Crippen molar-refractivity contribution in [2.24, 2.45) is 0 Å². The summed E-state index contributed by atoms with van der Waals surface area (Å²) >= 11 is 0. The molecule has 0 fully saturated rings. The lowest BCUT2D eigenvalue weighted by Crippen LogP contribution is -2.15. The van der Waals surface area contributed by atoms with Crippen LogP contribution in [0.15, 0.2) is 113 Å². The number of aromatic nitrogens is 1. The summed E-state index contributed by atoms with van der Waals surface area (Å²) < 4.78 is 55.0. The van der Waals surface area contributed by atoms with Crippen molar-refractivity contribution in [1.29, 1.82) is 0 Å². The number of carbonyl (C=O) groups excluding carboxylic acids is 1. The average molecular weight is 509 g/mol. The first kappa shape index (κ1) is 23.9. The summed E-state index contributed by atoms with van der Waals surface area (Å²) in [7, 11) is -7.63. The Kier molecular flexibility index (Phi) is 6.80. The fourth-order valence-corrected chi connectivity index (χ4v) is 5.21. The molecular formula is C24H20N4O5S2. The van der Waals surface area contributed by atoms with Gasteiger partial charge >= 0.3 is 0 Å². The van der Waals surface area contributed by atoms with Crippen LogP contribution in [0, 0.1) is 0 Å². The molecule has 0 aliphatic carbocycles. The minimum absolute atomic E-state index is 0.0108. The number of benzene rings is 3. The quantitative estimate of drug-likeness (QED) is 0.330. The summed E-state index contributed by atoms with van der Waals surface area (Å²) in [6.07, 6.45) is 2.92. The van der Waals surface area contributed by atoms with Crippen molar-refractivity contribution in [2.45, 2.75) is 9.79 Å². The highest BCUT2D eigenvalue weighted by atomic mass is 32.2. The summed E-state index contributed by atoms with van der Waals surface area (Å²) in [5.41, 5.74) is 1.14. The number of hydrogen-bond donors (Lipinski definition) is 3. The lowest BCUT2D eigenvalue weighted by Gasteiger charge is -2.11. The maximum atomic E-state index is 12.7. The van der Waals surface area contributed by atoms with Crippen molar-refractivity contribution >= 4 is 43.0 Å². The molecule has 3 aromatic carbocycles. The molecular weight excluding hydrogens is 488 g/mol. The Morgan fingerprint density at radius 3 is 1.91 bits per heavy atom. The van der Waals surface area contributed by atoms with Gasteiger partial charge < -0.3 is 5.32 Å². The first-order chi connectivity index (χ1) is 16.7. The molecule has 0 spiro atoms. The predicted octanol–water partition coefficient (Wildman–Crippen LogP) is 3.94. The average Bonchev–Trinajstić information content (AvgIpc) is 2.85. The van der Waals surface area contributed by atoms with Gasteiger partial charge in [-0.15, -0.1) is 0 Å². The number of nitrogens with one attached hydrogen (secondary N) is 3. The van der Waals surface area contributed by atoms with Gasteiger partial charge in [-0.05, 0) is 66.7 Å². The van der Waals surface area contributed by atoms with E-state index in [1.54, 1.807) is 36.4 Å². The molecule has 1 aromatic heterocycles. The predicted molar refractivity (Wildman–Crippen MR) is 133 cm³/mol. The van der Waals surface area contributed by atoms with E-state index in [0.29, 0.717) is 11.4 Å². The fraction of sp³-hybridized carbons (Fsp3) is 0. The second kappa shape index (κ2) is 9.95. The molecule has 0 bridgehead atoms. The molecule has 0 saturated carbocycles. The van der Waals surface area contributed by atoms with Crippen molar-refractivity contribution in [3.63, 3.8) is 0 Å². The van der Waals surface area contributed by atoms with E-state index in [0.717, 1.165) is 0 Å². The number of rotatable bonds is 8. The van der Waals surface area contributed by atoms with E-state index in [-0.39, 0.29) is 21.0 Å². The summed E-state index contributed by atoms with van der Waals surface area (Å²) in [6.45, 7) is 0. The Balaban J connectivity index is 1.45. The third kappa shape index (κ3) is 6.02. The molecule has 0 aliphatic heterocycles. The number of carbonyl (C=O) groups is 1. The topological polar surface area (TPSA) is 134 Å². The number of amides is 1.